The Hall–Kier alpha value is -2.30. The van der Waals surface area contributed by atoms with Crippen LogP contribution < -0.4 is 5.32 Å². The summed E-state index contributed by atoms with van der Waals surface area (Å²) in [6, 6.07) is 10.2. The topological polar surface area (TPSA) is 56.3 Å². The quantitative estimate of drug-likeness (QED) is 0.659. The lowest BCUT2D eigenvalue weighted by atomic mass is 10.2. The Kier molecular flexibility index (Phi) is 5.58. The molecule has 0 atom stereocenters. The van der Waals surface area contributed by atoms with E-state index >= 15 is 0 Å². The van der Waals surface area contributed by atoms with Gasteiger partial charge in [-0.1, -0.05) is 44.2 Å². The lowest BCUT2D eigenvalue weighted by Gasteiger charge is -2.21. The van der Waals surface area contributed by atoms with Crippen LogP contribution in [0.1, 0.15) is 19.7 Å². The van der Waals surface area contributed by atoms with Gasteiger partial charge >= 0.3 is 0 Å². The van der Waals surface area contributed by atoms with E-state index in [1.807, 2.05) is 31.4 Å². The van der Waals surface area contributed by atoms with Gasteiger partial charge in [0.1, 0.15) is 5.82 Å². The molecule has 5 heteroatoms. The zero-order valence-corrected chi connectivity index (χ0v) is 13.8. The molecule has 0 unspecified atom stereocenters. The molecule has 0 fully saturated rings. The van der Waals surface area contributed by atoms with Gasteiger partial charge in [-0.25, -0.2) is 4.98 Å². The number of guanidine groups is 1. The summed E-state index contributed by atoms with van der Waals surface area (Å²) in [5, 5.41) is 3.36. The zero-order valence-electron chi connectivity index (χ0n) is 13.8. The van der Waals surface area contributed by atoms with Gasteiger partial charge in [-0.2, -0.15) is 0 Å². The van der Waals surface area contributed by atoms with Crippen molar-refractivity contribution in [1.29, 1.82) is 0 Å². The summed E-state index contributed by atoms with van der Waals surface area (Å²) in [5.74, 6) is 2.39. The summed E-state index contributed by atoms with van der Waals surface area (Å²) in [6.07, 6.45) is 1.88. The van der Waals surface area contributed by atoms with E-state index in [2.05, 4.69) is 51.2 Å². The average molecular weight is 299 g/mol. The molecule has 5 nitrogen and oxygen atoms in total. The largest absolute Gasteiger partial charge is 0.356 e. The number of hydrogen-bond acceptors (Lipinski definition) is 2. The molecule has 22 heavy (non-hydrogen) atoms. The Morgan fingerprint density at radius 3 is 2.68 bits per heavy atom. The van der Waals surface area contributed by atoms with Crippen molar-refractivity contribution in [2.45, 2.75) is 20.4 Å². The monoisotopic (exact) mass is 299 g/mol. The molecule has 2 N–H and O–H groups in total. The Morgan fingerprint density at radius 2 is 2.05 bits per heavy atom. The normalized spacial score (nSPS) is 11.8. The molecule has 1 heterocycles. The maximum Gasteiger partial charge on any atom is 0.193 e. The summed E-state index contributed by atoms with van der Waals surface area (Å²) >= 11 is 0. The smallest absolute Gasteiger partial charge is 0.193 e. The summed E-state index contributed by atoms with van der Waals surface area (Å²) in [5.41, 5.74) is 2.18. The van der Waals surface area contributed by atoms with Crippen molar-refractivity contribution in [3.63, 3.8) is 0 Å². The van der Waals surface area contributed by atoms with Gasteiger partial charge < -0.3 is 15.2 Å². The highest BCUT2D eigenvalue weighted by molar-refractivity contribution is 5.79. The first-order chi connectivity index (χ1) is 10.6. The molecule has 1 aromatic heterocycles. The molecule has 0 radical (unpaired) electrons. The summed E-state index contributed by atoms with van der Waals surface area (Å²) in [6.45, 7) is 5.95. The number of nitrogens with one attached hydrogen (secondary N) is 2. The number of hydrogen-bond donors (Lipinski definition) is 2. The van der Waals surface area contributed by atoms with Crippen molar-refractivity contribution in [3.8, 4) is 11.3 Å². The standard InChI is InChI=1S/C17H25N5/c1-13(2)10-20-17(18-3)22(4)12-16-19-11-15(21-16)14-8-6-5-7-9-14/h5-9,11,13H,10,12H2,1-4H3,(H,18,20)(H,19,21). The van der Waals surface area contributed by atoms with Crippen molar-refractivity contribution in [2.24, 2.45) is 10.9 Å². The van der Waals surface area contributed by atoms with Crippen LogP contribution in [0.15, 0.2) is 41.5 Å². The average Bonchev–Trinajstić information content (AvgIpc) is 2.97. The molecule has 0 aliphatic heterocycles. The van der Waals surface area contributed by atoms with Gasteiger partial charge in [0.25, 0.3) is 0 Å². The number of rotatable bonds is 5. The van der Waals surface area contributed by atoms with Crippen molar-refractivity contribution >= 4 is 5.96 Å². The van der Waals surface area contributed by atoms with E-state index in [-0.39, 0.29) is 0 Å². The molecule has 0 bridgehead atoms. The number of aliphatic imine (C=N–C) groups is 1. The Bertz CT molecular complexity index is 601. The highest BCUT2D eigenvalue weighted by Gasteiger charge is 2.10. The second-order valence-electron chi connectivity index (χ2n) is 5.79. The molecule has 0 aliphatic carbocycles. The molecule has 118 valence electrons. The second-order valence-corrected chi connectivity index (χ2v) is 5.79. The number of H-pyrrole nitrogens is 1. The molecule has 0 saturated heterocycles. The third-order valence-electron chi connectivity index (χ3n) is 3.34. The van der Waals surface area contributed by atoms with Gasteiger partial charge in [-0.15, -0.1) is 0 Å². The molecular weight excluding hydrogens is 274 g/mol. The van der Waals surface area contributed by atoms with Crippen LogP contribution >= 0.6 is 0 Å². The number of aromatic amines is 1. The summed E-state index contributed by atoms with van der Waals surface area (Å²) in [4.78, 5) is 14.2. The lowest BCUT2D eigenvalue weighted by Crippen LogP contribution is -2.40. The third-order valence-corrected chi connectivity index (χ3v) is 3.34. The van der Waals surface area contributed by atoms with Crippen LogP contribution in [-0.4, -0.2) is 41.5 Å². The molecule has 0 spiro atoms. The summed E-state index contributed by atoms with van der Waals surface area (Å²) in [7, 11) is 3.82. The van der Waals surface area contributed by atoms with Crippen LogP contribution in [0.2, 0.25) is 0 Å². The molecule has 2 aromatic rings. The zero-order chi connectivity index (χ0) is 15.9. The molecule has 1 aromatic carbocycles. The van der Waals surface area contributed by atoms with Crippen LogP contribution in [0.25, 0.3) is 11.3 Å². The van der Waals surface area contributed by atoms with Crippen LogP contribution in [0.3, 0.4) is 0 Å². The third kappa shape index (κ3) is 4.35. The number of imidazole rings is 1. The molecule has 0 saturated carbocycles. The Labute approximate surface area is 132 Å². The van der Waals surface area contributed by atoms with E-state index in [1.54, 1.807) is 7.05 Å². The van der Waals surface area contributed by atoms with Crippen molar-refractivity contribution in [3.05, 3.63) is 42.4 Å². The van der Waals surface area contributed by atoms with E-state index in [1.165, 1.54) is 0 Å². The number of benzene rings is 1. The van der Waals surface area contributed by atoms with Gasteiger partial charge in [0, 0.05) is 20.6 Å². The van der Waals surface area contributed by atoms with Crippen LogP contribution in [0, 0.1) is 5.92 Å². The first-order valence-electron chi connectivity index (χ1n) is 7.61. The summed E-state index contributed by atoms with van der Waals surface area (Å²) < 4.78 is 0. The molecule has 0 amide bonds. The Morgan fingerprint density at radius 1 is 1.32 bits per heavy atom. The minimum Gasteiger partial charge on any atom is -0.356 e. The lowest BCUT2D eigenvalue weighted by molar-refractivity contribution is 0.456. The Balaban J connectivity index is 2.00. The van der Waals surface area contributed by atoms with Gasteiger partial charge in [-0.3, -0.25) is 4.99 Å². The van der Waals surface area contributed by atoms with Crippen molar-refractivity contribution in [2.75, 3.05) is 20.6 Å². The minimum absolute atomic E-state index is 0.582. The second kappa shape index (κ2) is 7.64. The van der Waals surface area contributed by atoms with Gasteiger partial charge in [-0.05, 0) is 11.5 Å². The van der Waals surface area contributed by atoms with Crippen molar-refractivity contribution in [1.82, 2.24) is 20.2 Å². The predicted octanol–water partition coefficient (Wildman–Crippen LogP) is 2.74. The number of nitrogens with zero attached hydrogens (tertiary/aromatic N) is 3. The van der Waals surface area contributed by atoms with E-state index in [9.17, 15) is 0 Å². The number of aromatic nitrogens is 2. The highest BCUT2D eigenvalue weighted by atomic mass is 15.3. The van der Waals surface area contributed by atoms with Gasteiger partial charge in [0.2, 0.25) is 0 Å². The first kappa shape index (κ1) is 16.1. The maximum absolute atomic E-state index is 4.46. The van der Waals surface area contributed by atoms with E-state index in [0.717, 1.165) is 29.6 Å². The van der Waals surface area contributed by atoms with E-state index < -0.39 is 0 Å². The fourth-order valence-corrected chi connectivity index (χ4v) is 2.19. The van der Waals surface area contributed by atoms with Crippen LogP contribution in [0.4, 0.5) is 0 Å². The fourth-order valence-electron chi connectivity index (χ4n) is 2.19. The molecular formula is C17H25N5. The first-order valence-corrected chi connectivity index (χ1v) is 7.61. The van der Waals surface area contributed by atoms with Crippen LogP contribution in [-0.2, 0) is 6.54 Å². The van der Waals surface area contributed by atoms with Gasteiger partial charge in [0.05, 0.1) is 18.4 Å². The molecule has 0 aliphatic rings. The highest BCUT2D eigenvalue weighted by Crippen LogP contribution is 2.16. The van der Waals surface area contributed by atoms with Crippen LogP contribution in [0.5, 0.6) is 0 Å². The minimum atomic E-state index is 0.582. The molecule has 2 rings (SSSR count). The van der Waals surface area contributed by atoms with Crippen molar-refractivity contribution < 1.29 is 0 Å². The van der Waals surface area contributed by atoms with Gasteiger partial charge in [0.15, 0.2) is 5.96 Å². The SMILES string of the molecule is CN=C(NCC(C)C)N(C)Cc1ncc(-c2ccccc2)[nH]1. The maximum atomic E-state index is 4.46. The fraction of sp³-hybridized carbons (Fsp3) is 0.412. The van der Waals surface area contributed by atoms with E-state index in [4.69, 9.17) is 0 Å². The predicted molar refractivity (Wildman–Crippen MR) is 91.7 cm³/mol. The van der Waals surface area contributed by atoms with E-state index in [0.29, 0.717) is 12.5 Å².